The molecule has 0 saturated carbocycles. The van der Waals surface area contributed by atoms with E-state index >= 15 is 0 Å². The third-order valence-electron chi connectivity index (χ3n) is 5.34. The van der Waals surface area contributed by atoms with Gasteiger partial charge in [0.05, 0.1) is 23.8 Å². The van der Waals surface area contributed by atoms with Gasteiger partial charge in [-0.2, -0.15) is 0 Å². The number of fused-ring (bicyclic) bond motifs is 1. The largest absolute Gasteiger partial charge is 0.497 e. The van der Waals surface area contributed by atoms with Crippen molar-refractivity contribution >= 4 is 44.1 Å². The van der Waals surface area contributed by atoms with Gasteiger partial charge in [0.15, 0.2) is 5.65 Å². The molecule has 4 aromatic rings. The fourth-order valence-electron chi connectivity index (χ4n) is 3.77. The van der Waals surface area contributed by atoms with Crippen LogP contribution in [-0.4, -0.2) is 58.1 Å². The van der Waals surface area contributed by atoms with Crippen LogP contribution in [0, 0.1) is 0 Å². The number of piperazine rings is 1. The van der Waals surface area contributed by atoms with E-state index in [9.17, 15) is 0 Å². The second-order valence-corrected chi connectivity index (χ2v) is 8.99. The fourth-order valence-corrected chi connectivity index (χ4v) is 4.98. The van der Waals surface area contributed by atoms with Gasteiger partial charge in [-0.25, -0.2) is 15.0 Å². The summed E-state index contributed by atoms with van der Waals surface area (Å²) in [4.78, 5) is 22.0. The van der Waals surface area contributed by atoms with Crippen LogP contribution in [0.1, 0.15) is 5.01 Å². The Bertz CT molecular complexity index is 1140. The lowest BCUT2D eigenvalue weighted by molar-refractivity contribution is 0.249. The monoisotopic (exact) mass is 484 g/mol. The molecule has 1 aliphatic heterocycles. The smallest absolute Gasteiger partial charge is 0.180 e. The van der Waals surface area contributed by atoms with E-state index in [4.69, 9.17) is 9.72 Å². The number of methoxy groups -OCH3 is 1. The summed E-state index contributed by atoms with van der Waals surface area (Å²) < 4.78 is 6.24. The maximum Gasteiger partial charge on any atom is 0.180 e. The van der Waals surface area contributed by atoms with Crippen molar-refractivity contribution in [1.29, 1.82) is 0 Å². The molecule has 5 rings (SSSR count). The zero-order chi connectivity index (χ0) is 20.5. The normalized spacial score (nSPS) is 15.1. The van der Waals surface area contributed by atoms with Crippen molar-refractivity contribution in [2.24, 2.45) is 0 Å². The third-order valence-corrected chi connectivity index (χ3v) is 6.69. The number of nitrogens with zero attached hydrogens (tertiary/aromatic N) is 5. The number of imidazole rings is 1. The molecular formula is C21H21BrN6OS. The van der Waals surface area contributed by atoms with Crippen LogP contribution >= 0.6 is 27.3 Å². The predicted octanol–water partition coefficient (Wildman–Crippen LogP) is 4.17. The Labute approximate surface area is 186 Å². The molecule has 1 fully saturated rings. The van der Waals surface area contributed by atoms with Gasteiger partial charge in [0.25, 0.3) is 0 Å². The first kappa shape index (κ1) is 19.5. The summed E-state index contributed by atoms with van der Waals surface area (Å²) in [5.74, 6) is 1.63. The average molecular weight is 485 g/mol. The van der Waals surface area contributed by atoms with Crippen LogP contribution < -0.4 is 9.64 Å². The molecule has 154 valence electrons. The maximum atomic E-state index is 5.26. The molecule has 7 nitrogen and oxygen atoms in total. The van der Waals surface area contributed by atoms with Crippen molar-refractivity contribution in [3.63, 3.8) is 0 Å². The summed E-state index contributed by atoms with van der Waals surface area (Å²) in [7, 11) is 1.67. The molecule has 1 aliphatic rings. The standard InChI is InChI=1S/C21H21BrN6OS/c1-29-15-4-2-14(3-5-15)20-25-18-19(16(22)12-24-21(18)26-20)28-9-7-27(8-10-28)13-17-23-6-11-30-17/h2-6,11-12H,7-10,13H2,1H3,(H,24,25,26). The van der Waals surface area contributed by atoms with Crippen molar-refractivity contribution in [2.45, 2.75) is 6.54 Å². The Kier molecular flexibility index (Phi) is 5.41. The lowest BCUT2D eigenvalue weighted by atomic mass is 10.2. The summed E-state index contributed by atoms with van der Waals surface area (Å²) in [5.41, 5.74) is 3.82. The minimum Gasteiger partial charge on any atom is -0.497 e. The minimum atomic E-state index is 0.726. The van der Waals surface area contributed by atoms with E-state index in [1.807, 2.05) is 42.0 Å². The van der Waals surface area contributed by atoms with Crippen LogP contribution in [0.4, 0.5) is 5.69 Å². The van der Waals surface area contributed by atoms with E-state index in [-0.39, 0.29) is 0 Å². The third kappa shape index (κ3) is 3.80. The van der Waals surface area contributed by atoms with E-state index in [1.165, 1.54) is 5.01 Å². The lowest BCUT2D eigenvalue weighted by Crippen LogP contribution is -2.46. The molecule has 3 aromatic heterocycles. The molecule has 1 saturated heterocycles. The number of benzene rings is 1. The SMILES string of the molecule is COc1ccc(-c2nc3ncc(Br)c(N4CCN(Cc5nccs5)CC4)c3[nH]2)cc1. The molecule has 0 aliphatic carbocycles. The molecule has 4 heterocycles. The van der Waals surface area contributed by atoms with Crippen molar-refractivity contribution in [3.8, 4) is 17.1 Å². The molecule has 30 heavy (non-hydrogen) atoms. The van der Waals surface area contributed by atoms with Crippen LogP contribution in [-0.2, 0) is 6.54 Å². The number of nitrogens with one attached hydrogen (secondary N) is 1. The van der Waals surface area contributed by atoms with E-state index in [0.29, 0.717) is 0 Å². The topological polar surface area (TPSA) is 70.2 Å². The summed E-state index contributed by atoms with van der Waals surface area (Å²) in [6, 6.07) is 7.88. The highest BCUT2D eigenvalue weighted by Gasteiger charge is 2.23. The van der Waals surface area contributed by atoms with Crippen molar-refractivity contribution in [3.05, 3.63) is 51.5 Å². The zero-order valence-corrected chi connectivity index (χ0v) is 18.9. The molecule has 0 radical (unpaired) electrons. The van der Waals surface area contributed by atoms with Gasteiger partial charge in [-0.3, -0.25) is 4.90 Å². The van der Waals surface area contributed by atoms with Gasteiger partial charge in [0, 0.05) is 49.5 Å². The number of hydrogen-bond acceptors (Lipinski definition) is 7. The molecule has 1 N–H and O–H groups in total. The van der Waals surface area contributed by atoms with E-state index in [2.05, 4.69) is 40.7 Å². The summed E-state index contributed by atoms with van der Waals surface area (Å²) >= 11 is 5.43. The van der Waals surface area contributed by atoms with Gasteiger partial charge in [0.1, 0.15) is 22.1 Å². The first-order valence-electron chi connectivity index (χ1n) is 9.75. The average Bonchev–Trinajstić information content (AvgIpc) is 3.44. The predicted molar refractivity (Wildman–Crippen MR) is 123 cm³/mol. The number of pyridine rings is 1. The van der Waals surface area contributed by atoms with Crippen LogP contribution in [0.15, 0.2) is 46.5 Å². The fraction of sp³-hybridized carbons (Fsp3) is 0.286. The second kappa shape index (κ2) is 8.33. The van der Waals surface area contributed by atoms with Gasteiger partial charge < -0.3 is 14.6 Å². The molecule has 0 atom stereocenters. The molecular weight excluding hydrogens is 464 g/mol. The molecule has 1 aromatic carbocycles. The van der Waals surface area contributed by atoms with Crippen LogP contribution in [0.3, 0.4) is 0 Å². The number of anilines is 1. The van der Waals surface area contributed by atoms with Crippen molar-refractivity contribution < 1.29 is 4.74 Å². The Balaban J connectivity index is 1.40. The van der Waals surface area contributed by atoms with Gasteiger partial charge in [-0.05, 0) is 40.2 Å². The molecule has 0 amide bonds. The van der Waals surface area contributed by atoms with E-state index in [0.717, 1.165) is 71.2 Å². The van der Waals surface area contributed by atoms with Crippen LogP contribution in [0.5, 0.6) is 5.75 Å². The zero-order valence-electron chi connectivity index (χ0n) is 16.5. The van der Waals surface area contributed by atoms with Gasteiger partial charge >= 0.3 is 0 Å². The number of aromatic nitrogens is 4. The Hall–Kier alpha value is -2.49. The number of thiazole rings is 1. The van der Waals surface area contributed by atoms with Gasteiger partial charge in [-0.1, -0.05) is 0 Å². The number of hydrogen-bond donors (Lipinski definition) is 1. The summed E-state index contributed by atoms with van der Waals surface area (Å²) in [5, 5.41) is 3.21. The first-order chi connectivity index (χ1) is 14.7. The highest BCUT2D eigenvalue weighted by Crippen LogP contribution is 2.34. The molecule has 0 spiro atoms. The number of aromatic amines is 1. The van der Waals surface area contributed by atoms with Crippen molar-refractivity contribution in [2.75, 3.05) is 38.2 Å². The number of rotatable bonds is 5. The first-order valence-corrected chi connectivity index (χ1v) is 11.4. The highest BCUT2D eigenvalue weighted by atomic mass is 79.9. The van der Waals surface area contributed by atoms with E-state index < -0.39 is 0 Å². The van der Waals surface area contributed by atoms with Crippen LogP contribution in [0.25, 0.3) is 22.6 Å². The Morgan fingerprint density at radius 1 is 1.13 bits per heavy atom. The summed E-state index contributed by atoms with van der Waals surface area (Å²) in [6.45, 7) is 4.80. The highest BCUT2D eigenvalue weighted by molar-refractivity contribution is 9.10. The quantitative estimate of drug-likeness (QED) is 0.458. The Morgan fingerprint density at radius 3 is 2.63 bits per heavy atom. The second-order valence-electron chi connectivity index (χ2n) is 7.16. The number of ether oxygens (including phenoxy) is 1. The summed E-state index contributed by atoms with van der Waals surface area (Å²) in [6.07, 6.45) is 3.72. The molecule has 0 bridgehead atoms. The number of H-pyrrole nitrogens is 1. The lowest BCUT2D eigenvalue weighted by Gasteiger charge is -2.36. The Morgan fingerprint density at radius 2 is 1.93 bits per heavy atom. The molecule has 9 heteroatoms. The van der Waals surface area contributed by atoms with Crippen LogP contribution in [0.2, 0.25) is 0 Å². The number of halogens is 1. The van der Waals surface area contributed by atoms with Crippen molar-refractivity contribution in [1.82, 2.24) is 24.8 Å². The minimum absolute atomic E-state index is 0.726. The van der Waals surface area contributed by atoms with E-state index in [1.54, 1.807) is 18.4 Å². The van der Waals surface area contributed by atoms with Gasteiger partial charge in [-0.15, -0.1) is 11.3 Å². The molecule has 0 unspecified atom stereocenters. The maximum absolute atomic E-state index is 5.26. The van der Waals surface area contributed by atoms with Gasteiger partial charge in [0.2, 0.25) is 0 Å².